The molecule has 27 heavy (non-hydrogen) atoms. The molecule has 0 saturated carbocycles. The normalized spacial score (nSPS) is 10.8. The van der Waals surface area contributed by atoms with Gasteiger partial charge >= 0.3 is 0 Å². The van der Waals surface area contributed by atoms with Crippen molar-refractivity contribution in [3.05, 3.63) is 49.1 Å². The lowest BCUT2D eigenvalue weighted by atomic mass is 10.2. The standard InChI is InChI=1S/C19H23NO6S/c1-6-11-20(14-7-9-16(23-2)18(12-14)25-4)27(21,22)15-8-10-17(24-3)19(13-15)26-5/h6-10,12-13H,1,11H2,2-5H3. The van der Waals surface area contributed by atoms with Crippen molar-refractivity contribution >= 4 is 15.7 Å². The van der Waals surface area contributed by atoms with E-state index in [-0.39, 0.29) is 11.4 Å². The van der Waals surface area contributed by atoms with Gasteiger partial charge < -0.3 is 18.9 Å². The number of benzene rings is 2. The maximum Gasteiger partial charge on any atom is 0.264 e. The van der Waals surface area contributed by atoms with Crippen molar-refractivity contribution in [3.8, 4) is 23.0 Å². The molecule has 0 aliphatic rings. The second-order valence-corrected chi connectivity index (χ2v) is 7.24. The molecule has 7 nitrogen and oxygen atoms in total. The van der Waals surface area contributed by atoms with Crippen molar-refractivity contribution in [3.63, 3.8) is 0 Å². The lowest BCUT2D eigenvalue weighted by molar-refractivity contribution is 0.354. The summed E-state index contributed by atoms with van der Waals surface area (Å²) in [5.41, 5.74) is 0.419. The van der Waals surface area contributed by atoms with Crippen LogP contribution in [0.25, 0.3) is 0 Å². The molecule has 0 fully saturated rings. The third-order valence-electron chi connectivity index (χ3n) is 3.89. The second kappa shape index (κ2) is 8.68. The van der Waals surface area contributed by atoms with Crippen molar-refractivity contribution in [2.45, 2.75) is 4.90 Å². The molecule has 2 rings (SSSR count). The average Bonchev–Trinajstić information content (AvgIpc) is 2.70. The Morgan fingerprint density at radius 2 is 1.37 bits per heavy atom. The first-order chi connectivity index (χ1) is 12.9. The van der Waals surface area contributed by atoms with Crippen molar-refractivity contribution in [2.75, 3.05) is 39.3 Å². The van der Waals surface area contributed by atoms with E-state index in [1.54, 1.807) is 24.3 Å². The summed E-state index contributed by atoms with van der Waals surface area (Å²) in [5, 5.41) is 0. The molecule has 146 valence electrons. The predicted octanol–water partition coefficient (Wildman–Crippen LogP) is 3.10. The summed E-state index contributed by atoms with van der Waals surface area (Å²) >= 11 is 0. The van der Waals surface area contributed by atoms with E-state index in [0.717, 1.165) is 0 Å². The van der Waals surface area contributed by atoms with Crippen LogP contribution in [0.1, 0.15) is 0 Å². The fourth-order valence-corrected chi connectivity index (χ4v) is 3.99. The van der Waals surface area contributed by atoms with E-state index in [1.165, 1.54) is 51.0 Å². The molecule has 0 atom stereocenters. The quantitative estimate of drug-likeness (QED) is 0.610. The Balaban J connectivity index is 2.56. The van der Waals surface area contributed by atoms with Crippen LogP contribution < -0.4 is 23.3 Å². The smallest absolute Gasteiger partial charge is 0.264 e. The molecular formula is C19H23NO6S. The highest BCUT2D eigenvalue weighted by Gasteiger charge is 2.26. The lowest BCUT2D eigenvalue weighted by Gasteiger charge is -2.24. The van der Waals surface area contributed by atoms with E-state index in [4.69, 9.17) is 18.9 Å². The zero-order valence-corrected chi connectivity index (χ0v) is 16.6. The van der Waals surface area contributed by atoms with Gasteiger partial charge in [0.05, 0.1) is 45.6 Å². The van der Waals surface area contributed by atoms with Crippen LogP contribution in [0.2, 0.25) is 0 Å². The van der Waals surface area contributed by atoms with Gasteiger partial charge in [-0.05, 0) is 24.3 Å². The molecule has 0 radical (unpaired) electrons. The maximum atomic E-state index is 13.3. The Bertz CT molecular complexity index is 910. The van der Waals surface area contributed by atoms with Gasteiger partial charge in [0.1, 0.15) is 0 Å². The number of methoxy groups -OCH3 is 4. The number of ether oxygens (including phenoxy) is 4. The van der Waals surface area contributed by atoms with Gasteiger partial charge in [0, 0.05) is 12.1 Å². The summed E-state index contributed by atoms with van der Waals surface area (Å²) in [5.74, 6) is 1.69. The van der Waals surface area contributed by atoms with E-state index in [0.29, 0.717) is 28.7 Å². The number of sulfonamides is 1. The summed E-state index contributed by atoms with van der Waals surface area (Å²) in [6.07, 6.45) is 1.51. The van der Waals surface area contributed by atoms with Crippen molar-refractivity contribution in [1.82, 2.24) is 0 Å². The molecule has 2 aromatic rings. The van der Waals surface area contributed by atoms with Gasteiger partial charge in [0.25, 0.3) is 10.0 Å². The largest absolute Gasteiger partial charge is 0.493 e. The molecule has 0 heterocycles. The molecule has 0 spiro atoms. The Labute approximate surface area is 159 Å². The predicted molar refractivity (Wildman–Crippen MR) is 104 cm³/mol. The summed E-state index contributed by atoms with van der Waals surface area (Å²) in [6, 6.07) is 9.32. The summed E-state index contributed by atoms with van der Waals surface area (Å²) < 4.78 is 48.6. The molecule has 0 bridgehead atoms. The first-order valence-electron chi connectivity index (χ1n) is 8.00. The third-order valence-corrected chi connectivity index (χ3v) is 5.68. The molecule has 0 amide bonds. The summed E-state index contributed by atoms with van der Waals surface area (Å²) in [4.78, 5) is 0.0665. The second-order valence-electron chi connectivity index (χ2n) is 5.38. The number of rotatable bonds is 9. The molecular weight excluding hydrogens is 370 g/mol. The van der Waals surface area contributed by atoms with Crippen LogP contribution in [0.3, 0.4) is 0 Å². The topological polar surface area (TPSA) is 74.3 Å². The minimum atomic E-state index is -3.89. The lowest BCUT2D eigenvalue weighted by Crippen LogP contribution is -2.31. The van der Waals surface area contributed by atoms with Crippen LogP contribution >= 0.6 is 0 Å². The fraction of sp³-hybridized carbons (Fsp3) is 0.263. The average molecular weight is 393 g/mol. The maximum absolute atomic E-state index is 13.3. The molecule has 0 aliphatic carbocycles. The minimum Gasteiger partial charge on any atom is -0.493 e. The van der Waals surface area contributed by atoms with Crippen LogP contribution in [-0.2, 0) is 10.0 Å². The van der Waals surface area contributed by atoms with Crippen molar-refractivity contribution < 1.29 is 27.4 Å². The van der Waals surface area contributed by atoms with Crippen molar-refractivity contribution in [2.24, 2.45) is 0 Å². The summed E-state index contributed by atoms with van der Waals surface area (Å²) in [6.45, 7) is 3.74. The Kier molecular flexibility index (Phi) is 6.57. The molecule has 0 N–H and O–H groups in total. The van der Waals surface area contributed by atoms with Crippen LogP contribution in [0.15, 0.2) is 53.9 Å². The Morgan fingerprint density at radius 3 is 1.89 bits per heavy atom. The number of hydrogen-bond donors (Lipinski definition) is 0. The van der Waals surface area contributed by atoms with E-state index >= 15 is 0 Å². The van der Waals surface area contributed by atoms with Gasteiger partial charge in [0.2, 0.25) is 0 Å². The van der Waals surface area contributed by atoms with Crippen LogP contribution in [0.4, 0.5) is 5.69 Å². The minimum absolute atomic E-state index is 0.0665. The van der Waals surface area contributed by atoms with Gasteiger partial charge in [-0.3, -0.25) is 4.31 Å². The van der Waals surface area contributed by atoms with Crippen LogP contribution in [0, 0.1) is 0 Å². The number of nitrogens with zero attached hydrogens (tertiary/aromatic N) is 1. The Morgan fingerprint density at radius 1 is 0.852 bits per heavy atom. The molecule has 2 aromatic carbocycles. The van der Waals surface area contributed by atoms with Crippen molar-refractivity contribution in [1.29, 1.82) is 0 Å². The van der Waals surface area contributed by atoms with Crippen LogP contribution in [0.5, 0.6) is 23.0 Å². The highest BCUT2D eigenvalue weighted by atomic mass is 32.2. The van der Waals surface area contributed by atoms with Gasteiger partial charge in [-0.1, -0.05) is 6.08 Å². The monoisotopic (exact) mass is 393 g/mol. The van der Waals surface area contributed by atoms with Gasteiger partial charge in [0.15, 0.2) is 23.0 Å². The highest BCUT2D eigenvalue weighted by molar-refractivity contribution is 7.92. The van der Waals surface area contributed by atoms with Crippen LogP contribution in [-0.4, -0.2) is 43.4 Å². The zero-order valence-electron chi connectivity index (χ0n) is 15.8. The third kappa shape index (κ3) is 4.11. The molecule has 0 unspecified atom stereocenters. The first kappa shape index (κ1) is 20.4. The zero-order chi connectivity index (χ0) is 20.0. The number of hydrogen-bond acceptors (Lipinski definition) is 6. The molecule has 0 aromatic heterocycles. The fourth-order valence-electron chi connectivity index (χ4n) is 2.54. The van der Waals surface area contributed by atoms with Gasteiger partial charge in [-0.15, -0.1) is 6.58 Å². The Hall–Kier alpha value is -2.87. The molecule has 8 heteroatoms. The van der Waals surface area contributed by atoms with E-state index in [2.05, 4.69) is 6.58 Å². The highest BCUT2D eigenvalue weighted by Crippen LogP contribution is 2.35. The molecule has 0 saturated heterocycles. The first-order valence-corrected chi connectivity index (χ1v) is 9.44. The molecule has 0 aliphatic heterocycles. The van der Waals surface area contributed by atoms with E-state index in [9.17, 15) is 8.42 Å². The number of anilines is 1. The SMILES string of the molecule is C=CCN(c1ccc(OC)c(OC)c1)S(=O)(=O)c1ccc(OC)c(OC)c1. The van der Waals surface area contributed by atoms with Gasteiger partial charge in [-0.2, -0.15) is 0 Å². The van der Waals surface area contributed by atoms with E-state index < -0.39 is 10.0 Å². The van der Waals surface area contributed by atoms with E-state index in [1.807, 2.05) is 0 Å². The summed E-state index contributed by atoms with van der Waals surface area (Å²) in [7, 11) is 2.05. The van der Waals surface area contributed by atoms with Gasteiger partial charge in [-0.25, -0.2) is 8.42 Å².